The van der Waals surface area contributed by atoms with Gasteiger partial charge in [-0.15, -0.1) is 0 Å². The van der Waals surface area contributed by atoms with Crippen molar-refractivity contribution in [3.05, 3.63) is 47.5 Å². The first-order valence-corrected chi connectivity index (χ1v) is 8.71. The van der Waals surface area contributed by atoms with Gasteiger partial charge in [0.1, 0.15) is 6.61 Å². The highest BCUT2D eigenvalue weighted by Gasteiger charge is 2.26. The molecule has 27 heavy (non-hydrogen) atoms. The number of nitrogens with one attached hydrogen (secondary N) is 1. The van der Waals surface area contributed by atoms with Crippen molar-refractivity contribution in [1.29, 1.82) is 0 Å². The van der Waals surface area contributed by atoms with Crippen LogP contribution in [0.25, 0.3) is 0 Å². The van der Waals surface area contributed by atoms with E-state index in [9.17, 15) is 14.0 Å². The van der Waals surface area contributed by atoms with E-state index in [0.29, 0.717) is 38.5 Å². The summed E-state index contributed by atoms with van der Waals surface area (Å²) < 4.78 is 23.9. The van der Waals surface area contributed by atoms with Crippen LogP contribution in [0.4, 0.5) is 9.18 Å². The second-order valence-corrected chi connectivity index (χ2v) is 5.98. The maximum Gasteiger partial charge on any atom is 0.409 e. The molecule has 1 fully saturated rings. The van der Waals surface area contributed by atoms with E-state index in [1.54, 1.807) is 34.9 Å². The molecule has 2 heterocycles. The van der Waals surface area contributed by atoms with E-state index < -0.39 is 5.82 Å². The monoisotopic (exact) mass is 376 g/mol. The van der Waals surface area contributed by atoms with Crippen LogP contribution in [-0.2, 0) is 11.3 Å². The topological polar surface area (TPSA) is 87.8 Å². The molecule has 1 aromatic heterocycles. The van der Waals surface area contributed by atoms with E-state index in [0.717, 1.165) is 0 Å². The Morgan fingerprint density at radius 3 is 2.59 bits per heavy atom. The van der Waals surface area contributed by atoms with Gasteiger partial charge in [-0.1, -0.05) is 12.1 Å². The molecule has 0 bridgehead atoms. The van der Waals surface area contributed by atoms with Gasteiger partial charge in [0.2, 0.25) is 0 Å². The predicted molar refractivity (Wildman–Crippen MR) is 93.8 cm³/mol. The highest BCUT2D eigenvalue weighted by molar-refractivity contribution is 5.92. The van der Waals surface area contributed by atoms with Crippen LogP contribution in [0.2, 0.25) is 0 Å². The first-order valence-electron chi connectivity index (χ1n) is 8.71. The third-order valence-corrected chi connectivity index (χ3v) is 4.16. The molecule has 1 aromatic carbocycles. The van der Waals surface area contributed by atoms with Crippen LogP contribution in [0.3, 0.4) is 0 Å². The lowest BCUT2D eigenvalue weighted by molar-refractivity contribution is 0.0566. The second-order valence-electron chi connectivity index (χ2n) is 5.98. The molecule has 1 N–H and O–H groups in total. The molecule has 0 atom stereocenters. The molecule has 0 aliphatic carbocycles. The number of hydrogen-bond acceptors (Lipinski definition) is 5. The molecule has 0 radical (unpaired) electrons. The molecule has 2 amide bonds. The lowest BCUT2D eigenvalue weighted by Crippen LogP contribution is -2.50. The SMILES string of the molecule is CCOC(=O)N1CCN(C(=O)c2cc(COc3ccccc3F)[nH]n2)CC1. The summed E-state index contributed by atoms with van der Waals surface area (Å²) in [6.45, 7) is 3.79. The Morgan fingerprint density at radius 2 is 1.89 bits per heavy atom. The van der Waals surface area contributed by atoms with Gasteiger partial charge in [0, 0.05) is 26.2 Å². The fourth-order valence-electron chi connectivity index (χ4n) is 2.73. The molecule has 8 nitrogen and oxygen atoms in total. The third kappa shape index (κ3) is 4.55. The molecular weight excluding hydrogens is 355 g/mol. The summed E-state index contributed by atoms with van der Waals surface area (Å²) in [5.41, 5.74) is 0.818. The molecular formula is C18H21FN4O4. The lowest BCUT2D eigenvalue weighted by Gasteiger charge is -2.33. The number of para-hydroxylation sites is 1. The van der Waals surface area contributed by atoms with Crippen molar-refractivity contribution in [2.24, 2.45) is 0 Å². The van der Waals surface area contributed by atoms with Crippen LogP contribution < -0.4 is 4.74 Å². The van der Waals surface area contributed by atoms with E-state index in [2.05, 4.69) is 10.2 Å². The molecule has 1 aliphatic heterocycles. The lowest BCUT2D eigenvalue weighted by atomic mass is 10.2. The average Bonchev–Trinajstić information content (AvgIpc) is 3.16. The Balaban J connectivity index is 1.53. The van der Waals surface area contributed by atoms with Crippen molar-refractivity contribution < 1.29 is 23.5 Å². The quantitative estimate of drug-likeness (QED) is 0.863. The number of aromatic nitrogens is 2. The van der Waals surface area contributed by atoms with E-state index in [-0.39, 0.29) is 30.1 Å². The first-order chi connectivity index (χ1) is 13.1. The van der Waals surface area contributed by atoms with Crippen molar-refractivity contribution in [1.82, 2.24) is 20.0 Å². The number of piperazine rings is 1. The van der Waals surface area contributed by atoms with Crippen molar-refractivity contribution in [3.8, 4) is 5.75 Å². The molecule has 144 valence electrons. The molecule has 1 saturated heterocycles. The van der Waals surface area contributed by atoms with Gasteiger partial charge < -0.3 is 19.3 Å². The fourth-order valence-corrected chi connectivity index (χ4v) is 2.73. The number of carbonyl (C=O) groups excluding carboxylic acids is 2. The largest absolute Gasteiger partial charge is 0.484 e. The van der Waals surface area contributed by atoms with Crippen LogP contribution in [0.15, 0.2) is 30.3 Å². The van der Waals surface area contributed by atoms with Crippen LogP contribution >= 0.6 is 0 Å². The van der Waals surface area contributed by atoms with E-state index >= 15 is 0 Å². The van der Waals surface area contributed by atoms with Crippen molar-refractivity contribution >= 4 is 12.0 Å². The highest BCUT2D eigenvalue weighted by atomic mass is 19.1. The maximum atomic E-state index is 13.6. The smallest absolute Gasteiger partial charge is 0.409 e. The number of nitrogens with zero attached hydrogens (tertiary/aromatic N) is 3. The Kier molecular flexibility index (Phi) is 5.90. The Labute approximate surface area is 155 Å². The standard InChI is InChI=1S/C18H21FN4O4/c1-2-26-18(25)23-9-7-22(8-10-23)17(24)15-11-13(20-21-15)12-27-16-6-4-3-5-14(16)19/h3-6,11H,2,7-10,12H2,1H3,(H,20,21). The van der Waals surface area contributed by atoms with Crippen molar-refractivity contribution in [2.45, 2.75) is 13.5 Å². The summed E-state index contributed by atoms with van der Waals surface area (Å²) in [7, 11) is 0. The van der Waals surface area contributed by atoms with Gasteiger partial charge in [-0.2, -0.15) is 5.10 Å². The van der Waals surface area contributed by atoms with Gasteiger partial charge in [-0.05, 0) is 25.1 Å². The highest BCUT2D eigenvalue weighted by Crippen LogP contribution is 2.17. The van der Waals surface area contributed by atoms with E-state index in [1.165, 1.54) is 12.1 Å². The minimum Gasteiger partial charge on any atom is -0.484 e. The fraction of sp³-hybridized carbons (Fsp3) is 0.389. The Morgan fingerprint density at radius 1 is 1.19 bits per heavy atom. The first kappa shape index (κ1) is 18.7. The van der Waals surface area contributed by atoms with Gasteiger partial charge in [0.15, 0.2) is 17.3 Å². The number of benzene rings is 1. The molecule has 0 spiro atoms. The Hall–Kier alpha value is -3.10. The average molecular weight is 376 g/mol. The molecule has 0 saturated carbocycles. The minimum absolute atomic E-state index is 0.0673. The molecule has 1 aliphatic rings. The molecule has 3 rings (SSSR count). The number of aromatic amines is 1. The zero-order valence-corrected chi connectivity index (χ0v) is 15.0. The number of ether oxygens (including phenoxy) is 2. The minimum atomic E-state index is -0.451. The summed E-state index contributed by atoms with van der Waals surface area (Å²) in [4.78, 5) is 27.5. The van der Waals surface area contributed by atoms with Crippen LogP contribution in [0.5, 0.6) is 5.75 Å². The third-order valence-electron chi connectivity index (χ3n) is 4.16. The number of H-pyrrole nitrogens is 1. The maximum absolute atomic E-state index is 13.6. The van der Waals surface area contributed by atoms with Gasteiger partial charge in [-0.25, -0.2) is 9.18 Å². The van der Waals surface area contributed by atoms with E-state index in [1.807, 2.05) is 0 Å². The normalized spacial score (nSPS) is 14.1. The summed E-state index contributed by atoms with van der Waals surface area (Å²) in [5.74, 6) is -0.547. The van der Waals surface area contributed by atoms with E-state index in [4.69, 9.17) is 9.47 Å². The number of rotatable bonds is 5. The summed E-state index contributed by atoms with van der Waals surface area (Å²) in [6.07, 6.45) is -0.364. The second kappa shape index (κ2) is 8.52. The summed E-state index contributed by atoms with van der Waals surface area (Å²) >= 11 is 0. The van der Waals surface area contributed by atoms with Gasteiger partial charge in [-0.3, -0.25) is 9.89 Å². The van der Waals surface area contributed by atoms with Gasteiger partial charge >= 0.3 is 6.09 Å². The van der Waals surface area contributed by atoms with Gasteiger partial charge in [0.05, 0.1) is 12.3 Å². The predicted octanol–water partition coefficient (Wildman–Crippen LogP) is 2.04. The summed E-state index contributed by atoms with van der Waals surface area (Å²) in [5, 5.41) is 6.74. The van der Waals surface area contributed by atoms with Crippen LogP contribution in [-0.4, -0.2) is 64.8 Å². The zero-order chi connectivity index (χ0) is 19.2. The molecule has 0 unspecified atom stereocenters. The van der Waals surface area contributed by atoms with Crippen molar-refractivity contribution in [3.63, 3.8) is 0 Å². The van der Waals surface area contributed by atoms with Crippen molar-refractivity contribution in [2.75, 3.05) is 32.8 Å². The zero-order valence-electron chi connectivity index (χ0n) is 15.0. The Bertz CT molecular complexity index is 802. The number of halogens is 1. The number of hydrogen-bond donors (Lipinski definition) is 1. The molecule has 2 aromatic rings. The van der Waals surface area contributed by atoms with Crippen LogP contribution in [0, 0.1) is 5.82 Å². The summed E-state index contributed by atoms with van der Waals surface area (Å²) in [6, 6.07) is 7.68. The van der Waals surface area contributed by atoms with Gasteiger partial charge in [0.25, 0.3) is 5.91 Å². The number of carbonyl (C=O) groups is 2. The number of amides is 2. The van der Waals surface area contributed by atoms with Crippen LogP contribution in [0.1, 0.15) is 23.1 Å². The molecule has 9 heteroatoms.